The third-order valence-corrected chi connectivity index (χ3v) is 5.10. The second-order valence-corrected chi connectivity index (χ2v) is 7.17. The molecule has 0 bridgehead atoms. The molecule has 0 spiro atoms. The molecular formula is C23H23FN4O2. The van der Waals surface area contributed by atoms with Gasteiger partial charge in [-0.15, -0.1) is 0 Å². The van der Waals surface area contributed by atoms with Crippen molar-refractivity contribution in [2.75, 3.05) is 13.2 Å². The van der Waals surface area contributed by atoms with Gasteiger partial charge in [0.05, 0.1) is 11.8 Å². The van der Waals surface area contributed by atoms with E-state index in [9.17, 15) is 14.3 Å². The number of fused-ring (bicyclic) bond motifs is 1. The van der Waals surface area contributed by atoms with E-state index in [4.69, 9.17) is 0 Å². The molecule has 0 aliphatic heterocycles. The molecule has 2 heterocycles. The summed E-state index contributed by atoms with van der Waals surface area (Å²) < 4.78 is 15.3. The molecule has 3 N–H and O–H groups in total. The minimum Gasteiger partial charge on any atom is -0.396 e. The Labute approximate surface area is 173 Å². The van der Waals surface area contributed by atoms with Gasteiger partial charge in [-0.1, -0.05) is 24.3 Å². The van der Waals surface area contributed by atoms with E-state index in [0.29, 0.717) is 31.5 Å². The largest absolute Gasteiger partial charge is 0.396 e. The van der Waals surface area contributed by atoms with Crippen molar-refractivity contribution in [1.82, 2.24) is 20.1 Å². The highest BCUT2D eigenvalue weighted by Gasteiger charge is 2.16. The molecule has 7 heteroatoms. The molecule has 0 fully saturated rings. The van der Waals surface area contributed by atoms with Crippen molar-refractivity contribution < 1.29 is 14.3 Å². The van der Waals surface area contributed by atoms with Crippen LogP contribution in [0, 0.1) is 5.82 Å². The number of amides is 1. The first-order valence-electron chi connectivity index (χ1n) is 9.91. The SMILES string of the molecule is O=C(NCCc1cccc(F)c1)c1cn(CCCO)c2cc(-c3cn[nH]c3)ccc12. The van der Waals surface area contributed by atoms with Crippen LogP contribution in [0.1, 0.15) is 22.3 Å². The predicted octanol–water partition coefficient (Wildman–Crippen LogP) is 3.53. The van der Waals surface area contributed by atoms with Gasteiger partial charge in [0.2, 0.25) is 0 Å². The van der Waals surface area contributed by atoms with Gasteiger partial charge < -0.3 is 15.0 Å². The van der Waals surface area contributed by atoms with E-state index >= 15 is 0 Å². The zero-order chi connectivity index (χ0) is 20.9. The number of aryl methyl sites for hydroxylation is 1. The Morgan fingerprint density at radius 1 is 1.20 bits per heavy atom. The number of rotatable bonds is 8. The van der Waals surface area contributed by atoms with Crippen molar-refractivity contribution in [2.24, 2.45) is 0 Å². The van der Waals surface area contributed by atoms with Gasteiger partial charge in [0.25, 0.3) is 5.91 Å². The Kier molecular flexibility index (Phi) is 5.90. The molecule has 0 atom stereocenters. The van der Waals surface area contributed by atoms with E-state index in [-0.39, 0.29) is 18.3 Å². The molecule has 4 rings (SSSR count). The molecule has 0 unspecified atom stereocenters. The monoisotopic (exact) mass is 406 g/mol. The van der Waals surface area contributed by atoms with Gasteiger partial charge in [0.15, 0.2) is 0 Å². The number of nitrogens with zero attached hydrogens (tertiary/aromatic N) is 2. The van der Waals surface area contributed by atoms with Crippen molar-refractivity contribution in [3.8, 4) is 11.1 Å². The fourth-order valence-electron chi connectivity index (χ4n) is 3.60. The summed E-state index contributed by atoms with van der Waals surface area (Å²) in [5.41, 5.74) is 4.31. The summed E-state index contributed by atoms with van der Waals surface area (Å²) in [6, 6.07) is 12.3. The summed E-state index contributed by atoms with van der Waals surface area (Å²) >= 11 is 0. The molecule has 4 aromatic rings. The number of nitrogens with one attached hydrogen (secondary N) is 2. The first-order chi connectivity index (χ1) is 14.7. The van der Waals surface area contributed by atoms with E-state index in [1.807, 2.05) is 41.2 Å². The highest BCUT2D eigenvalue weighted by atomic mass is 19.1. The van der Waals surface area contributed by atoms with E-state index in [2.05, 4.69) is 15.5 Å². The lowest BCUT2D eigenvalue weighted by Gasteiger charge is -2.05. The average molecular weight is 406 g/mol. The Morgan fingerprint density at radius 3 is 2.87 bits per heavy atom. The number of hydrogen-bond acceptors (Lipinski definition) is 3. The Bertz CT molecular complexity index is 1150. The van der Waals surface area contributed by atoms with Gasteiger partial charge >= 0.3 is 0 Å². The fraction of sp³-hybridized carbons (Fsp3) is 0.217. The molecule has 0 saturated heterocycles. The summed E-state index contributed by atoms with van der Waals surface area (Å²) in [5.74, 6) is -0.450. The van der Waals surface area contributed by atoms with E-state index in [0.717, 1.165) is 27.6 Å². The highest BCUT2D eigenvalue weighted by Crippen LogP contribution is 2.28. The minimum absolute atomic E-state index is 0.0796. The van der Waals surface area contributed by atoms with Crippen molar-refractivity contribution >= 4 is 16.8 Å². The maximum absolute atomic E-state index is 13.3. The van der Waals surface area contributed by atoms with Crippen LogP contribution in [-0.4, -0.2) is 38.9 Å². The maximum atomic E-state index is 13.3. The molecule has 0 saturated carbocycles. The molecular weight excluding hydrogens is 383 g/mol. The first kappa shape index (κ1) is 19.8. The number of benzene rings is 2. The molecule has 2 aromatic heterocycles. The predicted molar refractivity (Wildman–Crippen MR) is 114 cm³/mol. The first-order valence-corrected chi connectivity index (χ1v) is 9.91. The summed E-state index contributed by atoms with van der Waals surface area (Å²) in [7, 11) is 0. The summed E-state index contributed by atoms with van der Waals surface area (Å²) in [6.45, 7) is 1.10. The molecule has 6 nitrogen and oxygen atoms in total. The van der Waals surface area contributed by atoms with Crippen LogP contribution in [0.5, 0.6) is 0 Å². The second kappa shape index (κ2) is 8.92. The second-order valence-electron chi connectivity index (χ2n) is 7.17. The van der Waals surface area contributed by atoms with E-state index in [1.165, 1.54) is 12.1 Å². The van der Waals surface area contributed by atoms with Crippen molar-refractivity contribution in [3.63, 3.8) is 0 Å². The third-order valence-electron chi connectivity index (χ3n) is 5.10. The average Bonchev–Trinajstić information content (AvgIpc) is 3.40. The van der Waals surface area contributed by atoms with Crippen LogP contribution >= 0.6 is 0 Å². The molecule has 2 aromatic carbocycles. The number of aromatic nitrogens is 3. The van der Waals surface area contributed by atoms with E-state index < -0.39 is 0 Å². The lowest BCUT2D eigenvalue weighted by molar-refractivity contribution is 0.0955. The van der Waals surface area contributed by atoms with Gasteiger partial charge in [-0.25, -0.2) is 4.39 Å². The topological polar surface area (TPSA) is 82.9 Å². The van der Waals surface area contributed by atoms with Crippen LogP contribution in [0.2, 0.25) is 0 Å². The smallest absolute Gasteiger partial charge is 0.253 e. The Morgan fingerprint density at radius 2 is 2.10 bits per heavy atom. The van der Waals surface area contributed by atoms with Crippen LogP contribution in [0.3, 0.4) is 0 Å². The summed E-state index contributed by atoms with van der Waals surface area (Å²) in [6.07, 6.45) is 6.55. The molecule has 30 heavy (non-hydrogen) atoms. The molecule has 0 radical (unpaired) electrons. The maximum Gasteiger partial charge on any atom is 0.253 e. The van der Waals surface area contributed by atoms with Crippen molar-refractivity contribution in [2.45, 2.75) is 19.4 Å². The van der Waals surface area contributed by atoms with Crippen LogP contribution < -0.4 is 5.32 Å². The van der Waals surface area contributed by atoms with Crippen LogP contribution in [0.4, 0.5) is 4.39 Å². The van der Waals surface area contributed by atoms with Crippen molar-refractivity contribution in [1.29, 1.82) is 0 Å². The fourth-order valence-corrected chi connectivity index (χ4v) is 3.60. The molecule has 1 amide bonds. The van der Waals surface area contributed by atoms with Crippen LogP contribution in [-0.2, 0) is 13.0 Å². The van der Waals surface area contributed by atoms with Crippen LogP contribution in [0.25, 0.3) is 22.0 Å². The zero-order valence-electron chi connectivity index (χ0n) is 16.4. The summed E-state index contributed by atoms with van der Waals surface area (Å²) in [5, 5.41) is 19.8. The van der Waals surface area contributed by atoms with E-state index in [1.54, 1.807) is 12.3 Å². The number of hydrogen-bond donors (Lipinski definition) is 3. The zero-order valence-corrected chi connectivity index (χ0v) is 16.4. The standard InChI is InChI=1S/C23H23FN4O2/c24-19-4-1-3-16(11-19)7-8-25-23(30)21-15-28(9-2-10-29)22-12-17(5-6-20(21)22)18-13-26-27-14-18/h1,3-6,11-15,29H,2,7-10H2,(H,25,30)(H,26,27). The minimum atomic E-state index is -0.279. The van der Waals surface area contributed by atoms with Gasteiger partial charge in [-0.05, 0) is 42.2 Å². The Hall–Kier alpha value is -3.45. The van der Waals surface area contributed by atoms with Gasteiger partial charge in [-0.2, -0.15) is 5.10 Å². The Balaban J connectivity index is 1.57. The van der Waals surface area contributed by atoms with Crippen LogP contribution in [0.15, 0.2) is 61.1 Å². The summed E-state index contributed by atoms with van der Waals surface area (Å²) in [4.78, 5) is 12.9. The third kappa shape index (κ3) is 4.26. The number of aliphatic hydroxyl groups is 1. The van der Waals surface area contributed by atoms with Gasteiger partial charge in [-0.3, -0.25) is 9.89 Å². The van der Waals surface area contributed by atoms with Gasteiger partial charge in [0, 0.05) is 48.6 Å². The lowest BCUT2D eigenvalue weighted by atomic mass is 10.1. The highest BCUT2D eigenvalue weighted by molar-refractivity contribution is 6.07. The lowest BCUT2D eigenvalue weighted by Crippen LogP contribution is -2.25. The number of aliphatic hydroxyl groups excluding tert-OH is 1. The molecule has 154 valence electrons. The van der Waals surface area contributed by atoms with Gasteiger partial charge in [0.1, 0.15) is 5.82 Å². The quantitative estimate of drug-likeness (QED) is 0.419. The number of aromatic amines is 1. The molecule has 0 aliphatic rings. The number of carbonyl (C=O) groups is 1. The number of carbonyl (C=O) groups excluding carboxylic acids is 1. The van der Waals surface area contributed by atoms with Crippen molar-refractivity contribution in [3.05, 3.63) is 78.0 Å². The number of H-pyrrole nitrogens is 1. The number of halogens is 1. The molecule has 0 aliphatic carbocycles. The normalized spacial score (nSPS) is 11.1.